The lowest BCUT2D eigenvalue weighted by atomic mass is 9.96. The second-order valence-electron chi connectivity index (χ2n) is 3.37. The molecule has 0 saturated carbocycles. The molecule has 1 aromatic carbocycles. The Bertz CT molecular complexity index is 334. The summed E-state index contributed by atoms with van der Waals surface area (Å²) in [5.74, 6) is 1.63. The normalized spacial score (nSPS) is 17.9. The molecule has 88 valence electrons. The third kappa shape index (κ3) is 3.52. The number of amides is 1. The van der Waals surface area contributed by atoms with Gasteiger partial charge in [-0.25, -0.2) is 5.48 Å². The van der Waals surface area contributed by atoms with Gasteiger partial charge in [0.1, 0.15) is 0 Å². The molecule has 4 nitrogen and oxygen atoms in total. The molecule has 1 heterocycles. The fraction of sp³-hybridized carbons (Fsp3) is 0.364. The lowest BCUT2D eigenvalue weighted by Gasteiger charge is -2.24. The molecule has 1 unspecified atom stereocenters. The van der Waals surface area contributed by atoms with Gasteiger partial charge in [0.05, 0.1) is 0 Å². The van der Waals surface area contributed by atoms with Crippen LogP contribution in [0.25, 0.3) is 0 Å². The van der Waals surface area contributed by atoms with E-state index >= 15 is 0 Å². The number of rotatable bonds is 2. The highest BCUT2D eigenvalue weighted by atomic mass is 32.2. The van der Waals surface area contributed by atoms with Gasteiger partial charge in [-0.1, -0.05) is 18.2 Å². The van der Waals surface area contributed by atoms with Crippen molar-refractivity contribution in [2.45, 2.75) is 17.2 Å². The van der Waals surface area contributed by atoms with Crippen molar-refractivity contribution in [2.75, 3.05) is 12.3 Å². The summed E-state index contributed by atoms with van der Waals surface area (Å²) in [5, 5.41) is 8.69. The number of nitrogens with one attached hydrogen (secondary N) is 1. The Morgan fingerprint density at radius 1 is 1.56 bits per heavy atom. The molecule has 0 saturated heterocycles. The van der Waals surface area contributed by atoms with Crippen molar-refractivity contribution in [2.24, 2.45) is 5.73 Å². The van der Waals surface area contributed by atoms with Gasteiger partial charge in [0.25, 0.3) is 0 Å². The summed E-state index contributed by atoms with van der Waals surface area (Å²) in [6.45, 7) is 0.664. The second-order valence-corrected chi connectivity index (χ2v) is 4.51. The lowest BCUT2D eigenvalue weighted by Crippen LogP contribution is -2.20. The number of nitrogens with two attached hydrogens (primary N) is 1. The number of thioether (sulfide) groups is 1. The van der Waals surface area contributed by atoms with Crippen LogP contribution >= 0.6 is 11.8 Å². The molecule has 1 aliphatic rings. The zero-order chi connectivity index (χ0) is 11.8. The maximum Gasteiger partial charge on any atom is 0.204 e. The summed E-state index contributed by atoms with van der Waals surface area (Å²) in [5.41, 5.74) is 7.81. The molecule has 1 aromatic rings. The van der Waals surface area contributed by atoms with Gasteiger partial charge in [0.15, 0.2) is 0 Å². The number of hydrogen-bond donors (Lipinski definition) is 3. The van der Waals surface area contributed by atoms with Crippen LogP contribution < -0.4 is 11.2 Å². The first-order chi connectivity index (χ1) is 7.83. The molecule has 5 heteroatoms. The van der Waals surface area contributed by atoms with Gasteiger partial charge in [0, 0.05) is 17.4 Å². The Hall–Kier alpha value is -1.04. The molecule has 0 bridgehead atoms. The summed E-state index contributed by atoms with van der Waals surface area (Å²) in [6, 6.07) is 8.45. The van der Waals surface area contributed by atoms with Crippen LogP contribution in [0.3, 0.4) is 0 Å². The molecule has 1 atom stereocenters. The van der Waals surface area contributed by atoms with E-state index in [4.69, 9.17) is 10.0 Å². The van der Waals surface area contributed by atoms with Crippen molar-refractivity contribution < 1.29 is 10.0 Å². The fourth-order valence-electron chi connectivity index (χ4n) is 1.74. The van der Waals surface area contributed by atoms with Crippen molar-refractivity contribution in [3.63, 3.8) is 0 Å². The topological polar surface area (TPSA) is 75.4 Å². The highest BCUT2D eigenvalue weighted by Gasteiger charge is 2.19. The zero-order valence-electron chi connectivity index (χ0n) is 8.93. The number of primary amides is 1. The summed E-state index contributed by atoms with van der Waals surface area (Å²) in [6.07, 6.45) is 1.40. The van der Waals surface area contributed by atoms with E-state index in [-0.39, 0.29) is 6.41 Å². The fourth-order valence-corrected chi connectivity index (χ4v) is 2.94. The minimum absolute atomic E-state index is 0.250. The van der Waals surface area contributed by atoms with Crippen LogP contribution in [0.5, 0.6) is 0 Å². The number of hydrogen-bond acceptors (Lipinski definition) is 4. The number of benzene rings is 1. The molecular weight excluding hydrogens is 224 g/mol. The third-order valence-corrected chi connectivity index (χ3v) is 3.54. The molecule has 0 fully saturated rings. The SMILES string of the molecule is NC=O.ONCC1CCSc2ccccc21. The first-order valence-electron chi connectivity index (χ1n) is 5.07. The van der Waals surface area contributed by atoms with Crippen LogP contribution in [-0.2, 0) is 4.79 Å². The maximum absolute atomic E-state index is 8.69. The Kier molecular flexibility index (Phi) is 5.92. The molecule has 0 aliphatic carbocycles. The number of carbonyl (C=O) groups is 1. The van der Waals surface area contributed by atoms with Crippen molar-refractivity contribution in [3.8, 4) is 0 Å². The third-order valence-electron chi connectivity index (χ3n) is 2.42. The first kappa shape index (κ1) is 13.0. The predicted molar refractivity (Wildman–Crippen MR) is 64.6 cm³/mol. The number of hydroxylamine groups is 1. The molecule has 0 aromatic heterocycles. The molecule has 16 heavy (non-hydrogen) atoms. The Labute approximate surface area is 99.2 Å². The van der Waals surface area contributed by atoms with Gasteiger partial charge in [-0.3, -0.25) is 4.79 Å². The minimum atomic E-state index is 0.250. The van der Waals surface area contributed by atoms with Gasteiger partial charge in [0.2, 0.25) is 6.41 Å². The van der Waals surface area contributed by atoms with E-state index in [9.17, 15) is 0 Å². The lowest BCUT2D eigenvalue weighted by molar-refractivity contribution is -0.106. The van der Waals surface area contributed by atoms with Gasteiger partial charge in [-0.15, -0.1) is 11.8 Å². The maximum atomic E-state index is 8.69. The van der Waals surface area contributed by atoms with Crippen LogP contribution in [0.1, 0.15) is 17.9 Å². The van der Waals surface area contributed by atoms with E-state index in [1.165, 1.54) is 10.5 Å². The predicted octanol–water partition coefficient (Wildman–Crippen LogP) is 1.35. The van der Waals surface area contributed by atoms with Crippen LogP contribution in [-0.4, -0.2) is 23.9 Å². The van der Waals surface area contributed by atoms with Crippen molar-refractivity contribution in [3.05, 3.63) is 29.8 Å². The summed E-state index contributed by atoms with van der Waals surface area (Å²) in [7, 11) is 0. The van der Waals surface area contributed by atoms with E-state index in [1.54, 1.807) is 0 Å². The zero-order valence-corrected chi connectivity index (χ0v) is 9.74. The Morgan fingerprint density at radius 3 is 2.94 bits per heavy atom. The quantitative estimate of drug-likeness (QED) is 0.539. The summed E-state index contributed by atoms with van der Waals surface area (Å²) >= 11 is 1.91. The number of fused-ring (bicyclic) bond motifs is 1. The van der Waals surface area contributed by atoms with Crippen molar-refractivity contribution >= 4 is 18.2 Å². The van der Waals surface area contributed by atoms with E-state index in [0.717, 1.165) is 12.2 Å². The van der Waals surface area contributed by atoms with E-state index in [0.29, 0.717) is 12.5 Å². The first-order valence-corrected chi connectivity index (χ1v) is 6.06. The average molecular weight is 240 g/mol. The Morgan fingerprint density at radius 2 is 2.25 bits per heavy atom. The largest absolute Gasteiger partial charge is 0.372 e. The highest BCUT2D eigenvalue weighted by molar-refractivity contribution is 7.99. The van der Waals surface area contributed by atoms with E-state index < -0.39 is 0 Å². The molecule has 0 spiro atoms. The molecule has 2 rings (SSSR count). The smallest absolute Gasteiger partial charge is 0.204 e. The van der Waals surface area contributed by atoms with E-state index in [1.807, 2.05) is 11.8 Å². The standard InChI is InChI=1S/C10H13NOS.CH3NO/c12-11-7-8-5-6-13-10-4-2-1-3-9(8)10;2-1-3/h1-4,8,11-12H,5-7H2;1H,(H2,2,3). The Balaban J connectivity index is 0.000000386. The average Bonchev–Trinajstić information content (AvgIpc) is 2.31. The van der Waals surface area contributed by atoms with Gasteiger partial charge < -0.3 is 10.9 Å². The van der Waals surface area contributed by atoms with E-state index in [2.05, 4.69) is 35.5 Å². The van der Waals surface area contributed by atoms with Crippen molar-refractivity contribution in [1.29, 1.82) is 0 Å². The van der Waals surface area contributed by atoms with Gasteiger partial charge in [-0.2, -0.15) is 0 Å². The number of carbonyl (C=O) groups excluding carboxylic acids is 1. The molecule has 1 aliphatic heterocycles. The van der Waals surface area contributed by atoms with Crippen LogP contribution in [0.2, 0.25) is 0 Å². The molecule has 4 N–H and O–H groups in total. The minimum Gasteiger partial charge on any atom is -0.372 e. The summed E-state index contributed by atoms with van der Waals surface area (Å²) in [4.78, 5) is 9.95. The van der Waals surface area contributed by atoms with Crippen LogP contribution in [0.4, 0.5) is 0 Å². The molecular formula is C11H16N2O2S. The van der Waals surface area contributed by atoms with Crippen LogP contribution in [0.15, 0.2) is 29.2 Å². The van der Waals surface area contributed by atoms with Gasteiger partial charge >= 0.3 is 0 Å². The van der Waals surface area contributed by atoms with Crippen molar-refractivity contribution in [1.82, 2.24) is 5.48 Å². The highest BCUT2D eigenvalue weighted by Crippen LogP contribution is 2.36. The van der Waals surface area contributed by atoms with Crippen LogP contribution in [0, 0.1) is 0 Å². The van der Waals surface area contributed by atoms with Gasteiger partial charge in [-0.05, 0) is 23.8 Å². The summed E-state index contributed by atoms with van der Waals surface area (Å²) < 4.78 is 0. The molecule has 0 radical (unpaired) electrons. The second kappa shape index (κ2) is 7.27. The molecule has 1 amide bonds. The monoisotopic (exact) mass is 240 g/mol.